The Hall–Kier alpha value is -5.54. The van der Waals surface area contributed by atoms with E-state index >= 15 is 0 Å². The molecule has 2 atom stereocenters. The topological polar surface area (TPSA) is 35.0 Å². The summed E-state index contributed by atoms with van der Waals surface area (Å²) >= 11 is 0. The Kier molecular flexibility index (Phi) is 5.32. The standard InChI is InChI=1S/C40H26N2O/c1-3-17-33-30(14-1)31-15-2-4-18-34(31)39-38(33)41-24-36(42-39)28-13-8-11-26(23-28)25-10-7-12-27(22-25)29-19-9-20-35-32-16-5-6-21-37(32)43-40(29)35/h1-24,32,37H. The number of benzene rings is 6. The van der Waals surface area contributed by atoms with Crippen molar-refractivity contribution in [1.29, 1.82) is 0 Å². The molecule has 2 heterocycles. The molecule has 43 heavy (non-hydrogen) atoms. The second-order valence-corrected chi connectivity index (χ2v) is 11.3. The van der Waals surface area contributed by atoms with Crippen molar-refractivity contribution in [2.24, 2.45) is 0 Å². The summed E-state index contributed by atoms with van der Waals surface area (Å²) in [5.41, 5.74) is 9.60. The third-order valence-electron chi connectivity index (χ3n) is 8.84. The molecule has 7 aromatic rings. The number of para-hydroxylation sites is 1. The summed E-state index contributed by atoms with van der Waals surface area (Å²) in [5, 5.41) is 4.65. The summed E-state index contributed by atoms with van der Waals surface area (Å²) < 4.78 is 6.46. The van der Waals surface area contributed by atoms with Crippen LogP contribution in [0.1, 0.15) is 11.5 Å². The molecule has 9 rings (SSSR count). The first-order valence-electron chi connectivity index (χ1n) is 14.7. The summed E-state index contributed by atoms with van der Waals surface area (Å²) in [4.78, 5) is 10.2. The lowest BCUT2D eigenvalue weighted by molar-refractivity contribution is 0.270. The maximum absolute atomic E-state index is 6.46. The van der Waals surface area contributed by atoms with Gasteiger partial charge in [0.25, 0.3) is 0 Å². The smallest absolute Gasteiger partial charge is 0.132 e. The Labute approximate surface area is 249 Å². The van der Waals surface area contributed by atoms with Crippen molar-refractivity contribution in [1.82, 2.24) is 9.97 Å². The molecule has 0 radical (unpaired) electrons. The van der Waals surface area contributed by atoms with E-state index in [1.54, 1.807) is 0 Å². The lowest BCUT2D eigenvalue weighted by atomic mass is 9.90. The van der Waals surface area contributed by atoms with Gasteiger partial charge in [-0.05, 0) is 45.7 Å². The van der Waals surface area contributed by atoms with Gasteiger partial charge >= 0.3 is 0 Å². The largest absolute Gasteiger partial charge is 0.484 e. The van der Waals surface area contributed by atoms with E-state index in [4.69, 9.17) is 14.7 Å². The van der Waals surface area contributed by atoms with Crippen LogP contribution < -0.4 is 4.74 Å². The highest BCUT2D eigenvalue weighted by atomic mass is 16.5. The van der Waals surface area contributed by atoms with E-state index in [9.17, 15) is 0 Å². The monoisotopic (exact) mass is 550 g/mol. The molecule has 0 fully saturated rings. The van der Waals surface area contributed by atoms with Gasteiger partial charge in [-0.2, -0.15) is 0 Å². The van der Waals surface area contributed by atoms with Crippen molar-refractivity contribution in [3.8, 4) is 39.3 Å². The molecular weight excluding hydrogens is 524 g/mol. The SMILES string of the molecule is C1=CC2Oc3c(-c4cccc(-c5cccc(-c6cnc7c8ccccc8c8ccccc8c7n6)c5)c4)cccc3C2C=C1. The van der Waals surface area contributed by atoms with Gasteiger partial charge in [-0.25, -0.2) is 4.98 Å². The summed E-state index contributed by atoms with van der Waals surface area (Å²) in [7, 11) is 0. The van der Waals surface area contributed by atoms with Crippen molar-refractivity contribution < 1.29 is 4.74 Å². The zero-order valence-corrected chi connectivity index (χ0v) is 23.3. The highest BCUT2D eigenvalue weighted by Gasteiger charge is 2.33. The number of hydrogen-bond acceptors (Lipinski definition) is 3. The zero-order valence-electron chi connectivity index (χ0n) is 23.3. The number of aromatic nitrogens is 2. The van der Waals surface area contributed by atoms with E-state index in [2.05, 4.69) is 140 Å². The quantitative estimate of drug-likeness (QED) is 0.205. The van der Waals surface area contributed by atoms with Crippen LogP contribution in [0.3, 0.4) is 0 Å². The second kappa shape index (κ2) is 9.50. The summed E-state index contributed by atoms with van der Waals surface area (Å²) in [6.45, 7) is 0. The first-order chi connectivity index (χ1) is 21.3. The highest BCUT2D eigenvalue weighted by Crippen LogP contribution is 2.47. The first-order valence-corrected chi connectivity index (χ1v) is 14.7. The van der Waals surface area contributed by atoms with Gasteiger partial charge in [0.15, 0.2) is 0 Å². The average molecular weight is 551 g/mol. The van der Waals surface area contributed by atoms with Crippen LogP contribution in [0.15, 0.2) is 146 Å². The second-order valence-electron chi connectivity index (χ2n) is 11.3. The third-order valence-corrected chi connectivity index (χ3v) is 8.84. The fourth-order valence-electron chi connectivity index (χ4n) is 6.78. The Bertz CT molecular complexity index is 2260. The van der Waals surface area contributed by atoms with Crippen molar-refractivity contribution in [2.45, 2.75) is 12.0 Å². The number of allylic oxidation sites excluding steroid dienone is 2. The van der Waals surface area contributed by atoms with Crippen LogP contribution in [0.4, 0.5) is 0 Å². The van der Waals surface area contributed by atoms with Crippen LogP contribution in [0.5, 0.6) is 5.75 Å². The van der Waals surface area contributed by atoms with Gasteiger partial charge in [0.05, 0.1) is 22.9 Å². The van der Waals surface area contributed by atoms with Gasteiger partial charge < -0.3 is 4.74 Å². The van der Waals surface area contributed by atoms with E-state index in [0.717, 1.165) is 61.1 Å². The summed E-state index contributed by atoms with van der Waals surface area (Å²) in [6.07, 6.45) is 10.6. The van der Waals surface area contributed by atoms with Gasteiger partial charge in [0, 0.05) is 33.4 Å². The lowest BCUT2D eigenvalue weighted by Crippen LogP contribution is -2.15. The Morgan fingerprint density at radius 2 is 1.16 bits per heavy atom. The van der Waals surface area contributed by atoms with E-state index in [-0.39, 0.29) is 12.0 Å². The molecule has 0 N–H and O–H groups in total. The molecular formula is C40H26N2O. The molecule has 202 valence electrons. The first kappa shape index (κ1) is 24.1. The van der Waals surface area contributed by atoms with Crippen LogP contribution in [-0.4, -0.2) is 16.1 Å². The van der Waals surface area contributed by atoms with Crippen LogP contribution in [0.25, 0.3) is 66.1 Å². The molecule has 2 unspecified atom stereocenters. The van der Waals surface area contributed by atoms with Crippen LogP contribution >= 0.6 is 0 Å². The normalized spacial score (nSPS) is 16.8. The maximum atomic E-state index is 6.46. The van der Waals surface area contributed by atoms with E-state index in [1.807, 2.05) is 6.20 Å². The number of ether oxygens (including phenoxy) is 1. The minimum Gasteiger partial charge on any atom is -0.484 e. The van der Waals surface area contributed by atoms with Gasteiger partial charge in [-0.3, -0.25) is 4.98 Å². The fraction of sp³-hybridized carbons (Fsp3) is 0.0500. The fourth-order valence-corrected chi connectivity index (χ4v) is 6.78. The molecule has 0 amide bonds. The maximum Gasteiger partial charge on any atom is 0.132 e. The number of hydrogen-bond donors (Lipinski definition) is 0. The lowest BCUT2D eigenvalue weighted by Gasteiger charge is -2.14. The summed E-state index contributed by atoms with van der Waals surface area (Å²) in [5.74, 6) is 1.27. The Balaban J connectivity index is 1.13. The molecule has 1 aliphatic carbocycles. The average Bonchev–Trinajstić information content (AvgIpc) is 3.47. The molecule has 3 nitrogen and oxygen atoms in total. The molecule has 0 bridgehead atoms. The molecule has 3 heteroatoms. The summed E-state index contributed by atoms with van der Waals surface area (Å²) in [6, 6.07) is 40.8. The predicted molar refractivity (Wildman–Crippen MR) is 176 cm³/mol. The molecule has 0 spiro atoms. The van der Waals surface area contributed by atoms with Crippen LogP contribution in [0.2, 0.25) is 0 Å². The van der Waals surface area contributed by atoms with Gasteiger partial charge in [-0.15, -0.1) is 0 Å². The number of rotatable bonds is 3. The number of nitrogens with zero attached hydrogens (tertiary/aromatic N) is 2. The van der Waals surface area contributed by atoms with E-state index in [1.165, 1.54) is 16.3 Å². The van der Waals surface area contributed by atoms with Crippen molar-refractivity contribution in [2.75, 3.05) is 0 Å². The van der Waals surface area contributed by atoms with Crippen molar-refractivity contribution in [3.05, 3.63) is 151 Å². The zero-order chi connectivity index (χ0) is 28.3. The molecule has 1 aromatic heterocycles. The molecule has 0 saturated carbocycles. The van der Waals surface area contributed by atoms with E-state index in [0.29, 0.717) is 0 Å². The van der Waals surface area contributed by atoms with Crippen molar-refractivity contribution in [3.63, 3.8) is 0 Å². The number of fused-ring (bicyclic) bond motifs is 9. The van der Waals surface area contributed by atoms with Gasteiger partial charge in [0.2, 0.25) is 0 Å². The Morgan fingerprint density at radius 3 is 1.95 bits per heavy atom. The minimum atomic E-state index is 0.0687. The van der Waals surface area contributed by atoms with E-state index < -0.39 is 0 Å². The predicted octanol–water partition coefficient (Wildman–Crippen LogP) is 9.91. The minimum absolute atomic E-state index is 0.0687. The molecule has 0 saturated heterocycles. The van der Waals surface area contributed by atoms with Crippen molar-refractivity contribution >= 4 is 32.6 Å². The molecule has 6 aromatic carbocycles. The Morgan fingerprint density at radius 1 is 0.535 bits per heavy atom. The van der Waals surface area contributed by atoms with Gasteiger partial charge in [-0.1, -0.05) is 121 Å². The van der Waals surface area contributed by atoms with Crippen LogP contribution in [-0.2, 0) is 0 Å². The molecule has 1 aliphatic heterocycles. The molecule has 2 aliphatic rings. The van der Waals surface area contributed by atoms with Gasteiger partial charge in [0.1, 0.15) is 11.9 Å². The third kappa shape index (κ3) is 3.82. The highest BCUT2D eigenvalue weighted by molar-refractivity contribution is 6.23. The van der Waals surface area contributed by atoms with Crippen LogP contribution in [0, 0.1) is 0 Å².